The summed E-state index contributed by atoms with van der Waals surface area (Å²) in [4.78, 5) is 16.3. The van der Waals surface area contributed by atoms with Crippen LogP contribution in [0, 0.1) is 0 Å². The molecule has 2 aromatic rings. The van der Waals surface area contributed by atoms with E-state index >= 15 is 0 Å². The molecule has 20 heavy (non-hydrogen) atoms. The molecule has 0 saturated carbocycles. The Kier molecular flexibility index (Phi) is 5.00. The standard InChI is InChI=1S/C14H18BrN3O2/c1-3-5-18-9-10(15)6-12(18)14(19)17-8-13-16-7-11(4-2)20-13/h6-7,9H,3-5,8H2,1-2H3,(H,17,19). The van der Waals surface area contributed by atoms with Crippen molar-refractivity contribution < 1.29 is 9.21 Å². The molecule has 6 heteroatoms. The number of rotatable bonds is 6. The predicted octanol–water partition coefficient (Wildman–Crippen LogP) is 3.14. The van der Waals surface area contributed by atoms with Crippen LogP contribution in [-0.4, -0.2) is 15.5 Å². The topological polar surface area (TPSA) is 60.1 Å². The van der Waals surface area contributed by atoms with E-state index < -0.39 is 0 Å². The summed E-state index contributed by atoms with van der Waals surface area (Å²) in [5.74, 6) is 1.23. The maximum Gasteiger partial charge on any atom is 0.268 e. The van der Waals surface area contributed by atoms with E-state index in [1.165, 1.54) is 0 Å². The zero-order valence-electron chi connectivity index (χ0n) is 11.6. The molecule has 0 aliphatic heterocycles. The average Bonchev–Trinajstić information content (AvgIpc) is 3.03. The molecule has 0 unspecified atom stereocenters. The average molecular weight is 340 g/mol. The molecule has 5 nitrogen and oxygen atoms in total. The lowest BCUT2D eigenvalue weighted by atomic mass is 10.3. The molecule has 0 fully saturated rings. The van der Waals surface area contributed by atoms with Gasteiger partial charge in [0.05, 0.1) is 12.7 Å². The Hall–Kier alpha value is -1.56. The summed E-state index contributed by atoms with van der Waals surface area (Å²) < 4.78 is 8.30. The van der Waals surface area contributed by atoms with E-state index in [9.17, 15) is 4.79 Å². The number of carbonyl (C=O) groups is 1. The second-order valence-corrected chi connectivity index (χ2v) is 5.41. The molecular weight excluding hydrogens is 322 g/mol. The Labute approximate surface area is 126 Å². The fraction of sp³-hybridized carbons (Fsp3) is 0.429. The van der Waals surface area contributed by atoms with Crippen molar-refractivity contribution in [3.05, 3.63) is 40.3 Å². The van der Waals surface area contributed by atoms with Gasteiger partial charge in [-0.2, -0.15) is 0 Å². The number of aromatic nitrogens is 2. The van der Waals surface area contributed by atoms with E-state index in [2.05, 4.69) is 33.2 Å². The van der Waals surface area contributed by atoms with Gasteiger partial charge in [0.2, 0.25) is 5.89 Å². The van der Waals surface area contributed by atoms with Crippen molar-refractivity contribution in [1.29, 1.82) is 0 Å². The fourth-order valence-electron chi connectivity index (χ4n) is 1.93. The molecule has 0 aliphatic carbocycles. The minimum Gasteiger partial charge on any atom is -0.444 e. The molecule has 1 amide bonds. The highest BCUT2D eigenvalue weighted by molar-refractivity contribution is 9.10. The Morgan fingerprint density at radius 1 is 1.50 bits per heavy atom. The highest BCUT2D eigenvalue weighted by atomic mass is 79.9. The monoisotopic (exact) mass is 339 g/mol. The third kappa shape index (κ3) is 3.50. The van der Waals surface area contributed by atoms with Crippen molar-refractivity contribution in [1.82, 2.24) is 14.9 Å². The van der Waals surface area contributed by atoms with Crippen LogP contribution in [0.2, 0.25) is 0 Å². The first-order chi connectivity index (χ1) is 9.63. The zero-order valence-corrected chi connectivity index (χ0v) is 13.2. The van der Waals surface area contributed by atoms with Gasteiger partial charge in [0.15, 0.2) is 0 Å². The molecule has 0 atom stereocenters. The summed E-state index contributed by atoms with van der Waals surface area (Å²) in [6, 6.07) is 1.82. The zero-order chi connectivity index (χ0) is 14.5. The van der Waals surface area contributed by atoms with Crippen LogP contribution in [0.1, 0.15) is 42.4 Å². The third-order valence-corrected chi connectivity index (χ3v) is 3.34. The molecule has 2 rings (SSSR count). The van der Waals surface area contributed by atoms with Gasteiger partial charge >= 0.3 is 0 Å². The third-order valence-electron chi connectivity index (χ3n) is 2.91. The molecular formula is C14H18BrN3O2. The molecule has 0 bridgehead atoms. The number of nitrogens with zero attached hydrogens (tertiary/aromatic N) is 2. The van der Waals surface area contributed by atoms with Gasteiger partial charge in [0.25, 0.3) is 5.91 Å². The number of carbonyl (C=O) groups excluding carboxylic acids is 1. The molecule has 0 aromatic carbocycles. The Morgan fingerprint density at radius 2 is 2.30 bits per heavy atom. The van der Waals surface area contributed by atoms with Crippen LogP contribution in [0.5, 0.6) is 0 Å². The van der Waals surface area contributed by atoms with Gasteiger partial charge in [-0.05, 0) is 28.4 Å². The number of halogens is 1. The summed E-state index contributed by atoms with van der Waals surface area (Å²) in [5.41, 5.74) is 0.640. The number of aryl methyl sites for hydroxylation is 2. The number of hydrogen-bond donors (Lipinski definition) is 1. The molecule has 0 aliphatic rings. The van der Waals surface area contributed by atoms with Crippen LogP contribution in [0.15, 0.2) is 27.3 Å². The van der Waals surface area contributed by atoms with E-state index in [-0.39, 0.29) is 5.91 Å². The molecule has 2 heterocycles. The van der Waals surface area contributed by atoms with Gasteiger partial charge in [0.1, 0.15) is 11.5 Å². The normalized spacial score (nSPS) is 10.8. The molecule has 0 radical (unpaired) electrons. The lowest BCUT2D eigenvalue weighted by Crippen LogP contribution is -2.25. The molecule has 0 spiro atoms. The predicted molar refractivity (Wildman–Crippen MR) is 79.5 cm³/mol. The van der Waals surface area contributed by atoms with E-state index in [1.54, 1.807) is 6.20 Å². The second-order valence-electron chi connectivity index (χ2n) is 4.49. The number of oxazole rings is 1. The van der Waals surface area contributed by atoms with Crippen LogP contribution in [-0.2, 0) is 19.5 Å². The van der Waals surface area contributed by atoms with Crippen LogP contribution in [0.3, 0.4) is 0 Å². The van der Waals surface area contributed by atoms with Gasteiger partial charge in [-0.15, -0.1) is 0 Å². The summed E-state index contributed by atoms with van der Waals surface area (Å²) >= 11 is 3.40. The molecule has 108 valence electrons. The van der Waals surface area contributed by atoms with Gasteiger partial charge in [-0.3, -0.25) is 4.79 Å². The first-order valence-corrected chi connectivity index (χ1v) is 7.50. The SMILES string of the molecule is CCCn1cc(Br)cc1C(=O)NCc1ncc(CC)o1. The largest absolute Gasteiger partial charge is 0.444 e. The van der Waals surface area contributed by atoms with Crippen LogP contribution < -0.4 is 5.32 Å². The molecule has 1 N–H and O–H groups in total. The lowest BCUT2D eigenvalue weighted by molar-refractivity contribution is 0.0937. The molecule has 2 aromatic heterocycles. The maximum atomic E-state index is 12.2. The first-order valence-electron chi connectivity index (χ1n) is 6.71. The molecule has 0 saturated heterocycles. The van der Waals surface area contributed by atoms with Crippen molar-refractivity contribution in [3.8, 4) is 0 Å². The van der Waals surface area contributed by atoms with Gasteiger partial charge in [-0.25, -0.2) is 4.98 Å². The summed E-state index contributed by atoms with van der Waals surface area (Å²) in [6.07, 6.45) is 5.38. The highest BCUT2D eigenvalue weighted by Gasteiger charge is 2.13. The van der Waals surface area contributed by atoms with Crippen molar-refractivity contribution in [2.24, 2.45) is 0 Å². The van der Waals surface area contributed by atoms with Crippen molar-refractivity contribution in [2.75, 3.05) is 0 Å². The van der Waals surface area contributed by atoms with Crippen LogP contribution in [0.4, 0.5) is 0 Å². The Morgan fingerprint density at radius 3 is 2.95 bits per heavy atom. The summed E-state index contributed by atoms with van der Waals surface area (Å²) in [5, 5.41) is 2.83. The van der Waals surface area contributed by atoms with Gasteiger partial charge < -0.3 is 14.3 Å². The van der Waals surface area contributed by atoms with Crippen molar-refractivity contribution in [2.45, 2.75) is 39.8 Å². The number of hydrogen-bond acceptors (Lipinski definition) is 3. The second kappa shape index (κ2) is 6.74. The highest BCUT2D eigenvalue weighted by Crippen LogP contribution is 2.15. The minimum absolute atomic E-state index is 0.125. The van der Waals surface area contributed by atoms with E-state index in [4.69, 9.17) is 4.42 Å². The van der Waals surface area contributed by atoms with E-state index in [1.807, 2.05) is 23.8 Å². The number of nitrogens with one attached hydrogen (secondary N) is 1. The van der Waals surface area contributed by atoms with Gasteiger partial charge in [-0.1, -0.05) is 13.8 Å². The maximum absolute atomic E-state index is 12.2. The van der Waals surface area contributed by atoms with Crippen molar-refractivity contribution in [3.63, 3.8) is 0 Å². The van der Waals surface area contributed by atoms with Crippen LogP contribution >= 0.6 is 15.9 Å². The minimum atomic E-state index is -0.125. The summed E-state index contributed by atoms with van der Waals surface area (Å²) in [7, 11) is 0. The Balaban J connectivity index is 2.01. The Bertz CT molecular complexity index is 589. The summed E-state index contributed by atoms with van der Waals surface area (Å²) in [6.45, 7) is 5.19. The van der Waals surface area contributed by atoms with Gasteiger partial charge in [0, 0.05) is 23.6 Å². The van der Waals surface area contributed by atoms with E-state index in [0.717, 1.165) is 29.6 Å². The number of amides is 1. The smallest absolute Gasteiger partial charge is 0.268 e. The fourth-order valence-corrected chi connectivity index (χ4v) is 2.39. The van der Waals surface area contributed by atoms with E-state index in [0.29, 0.717) is 18.1 Å². The lowest BCUT2D eigenvalue weighted by Gasteiger charge is -2.07. The van der Waals surface area contributed by atoms with Crippen LogP contribution in [0.25, 0.3) is 0 Å². The first kappa shape index (κ1) is 14.8. The van der Waals surface area contributed by atoms with Crippen molar-refractivity contribution >= 4 is 21.8 Å². The quantitative estimate of drug-likeness (QED) is 0.879.